The first-order valence-corrected chi connectivity index (χ1v) is 9.40. The van der Waals surface area contributed by atoms with Crippen LogP contribution in [0.15, 0.2) is 18.3 Å². The van der Waals surface area contributed by atoms with Gasteiger partial charge >= 0.3 is 6.09 Å². The Balaban J connectivity index is 1.48. The number of hydrogen-bond donors (Lipinski definition) is 1. The molecular weight excluding hydrogens is 370 g/mol. The molecule has 0 atom stereocenters. The number of halogens is 2. The van der Waals surface area contributed by atoms with Gasteiger partial charge in [0.1, 0.15) is 11.4 Å². The van der Waals surface area contributed by atoms with E-state index in [1.54, 1.807) is 17.2 Å². The van der Waals surface area contributed by atoms with Crippen LogP contribution in [0.25, 0.3) is 0 Å². The van der Waals surface area contributed by atoms with Crippen LogP contribution < -0.4 is 10.2 Å². The van der Waals surface area contributed by atoms with Gasteiger partial charge < -0.3 is 19.9 Å². The molecule has 28 heavy (non-hydrogen) atoms. The average Bonchev–Trinajstić information content (AvgIpc) is 2.59. The maximum atomic E-state index is 12.9. The summed E-state index contributed by atoms with van der Waals surface area (Å²) in [5.41, 5.74) is 0.352. The molecule has 2 aliphatic rings. The highest BCUT2D eigenvalue weighted by atomic mass is 19.3. The van der Waals surface area contributed by atoms with Crippen molar-refractivity contribution in [3.63, 3.8) is 0 Å². The van der Waals surface area contributed by atoms with Crippen LogP contribution >= 0.6 is 0 Å². The summed E-state index contributed by atoms with van der Waals surface area (Å²) in [6, 6.07) is 3.48. The van der Waals surface area contributed by atoms with Crippen LogP contribution in [0.1, 0.15) is 33.6 Å². The van der Waals surface area contributed by atoms with Gasteiger partial charge in [0, 0.05) is 44.9 Å². The standard InChI is InChI=1S/C19H26F2N4O3/c1-18(2,3)28-17(27)25-8-6-24(7-9-25)14-4-5-15(22-12-14)23-16(26)13-10-19(20,21)11-13/h4-5,12-13H,6-11H2,1-3H3,(H,22,23,26). The number of aromatic nitrogens is 1. The number of alkyl halides is 2. The summed E-state index contributed by atoms with van der Waals surface area (Å²) in [4.78, 5) is 32.0. The van der Waals surface area contributed by atoms with Crippen LogP contribution in [0.3, 0.4) is 0 Å². The topological polar surface area (TPSA) is 74.8 Å². The molecule has 1 saturated heterocycles. The third kappa shape index (κ3) is 5.08. The summed E-state index contributed by atoms with van der Waals surface area (Å²) < 4.78 is 31.1. The molecule has 1 saturated carbocycles. The fourth-order valence-corrected chi connectivity index (χ4v) is 3.20. The number of rotatable bonds is 3. The van der Waals surface area contributed by atoms with Gasteiger partial charge in [-0.2, -0.15) is 0 Å². The fraction of sp³-hybridized carbons (Fsp3) is 0.632. The minimum absolute atomic E-state index is 0.315. The van der Waals surface area contributed by atoms with Crippen LogP contribution in [0, 0.1) is 5.92 Å². The van der Waals surface area contributed by atoms with Crippen LogP contribution in [-0.2, 0) is 9.53 Å². The van der Waals surface area contributed by atoms with E-state index < -0.39 is 36.2 Å². The van der Waals surface area contributed by atoms with E-state index in [9.17, 15) is 18.4 Å². The lowest BCUT2D eigenvalue weighted by Crippen LogP contribution is -2.50. The molecule has 1 aliphatic carbocycles. The van der Waals surface area contributed by atoms with Crippen molar-refractivity contribution in [3.05, 3.63) is 18.3 Å². The number of amides is 2. The van der Waals surface area contributed by atoms with E-state index >= 15 is 0 Å². The normalized spacial score (nSPS) is 19.8. The molecule has 154 valence electrons. The number of nitrogens with zero attached hydrogens (tertiary/aromatic N) is 3. The van der Waals surface area contributed by atoms with E-state index in [1.807, 2.05) is 26.8 Å². The zero-order valence-corrected chi connectivity index (χ0v) is 16.4. The van der Waals surface area contributed by atoms with Gasteiger partial charge in [-0.25, -0.2) is 18.6 Å². The third-order valence-electron chi connectivity index (χ3n) is 4.76. The van der Waals surface area contributed by atoms with E-state index in [-0.39, 0.29) is 6.09 Å². The molecule has 0 radical (unpaired) electrons. The van der Waals surface area contributed by atoms with Crippen molar-refractivity contribution in [3.8, 4) is 0 Å². The van der Waals surface area contributed by atoms with Crippen LogP contribution in [0.5, 0.6) is 0 Å². The summed E-state index contributed by atoms with van der Waals surface area (Å²) in [6.45, 7) is 7.89. The Kier molecular flexibility index (Phi) is 5.45. The second-order valence-corrected chi connectivity index (χ2v) is 8.31. The van der Waals surface area contributed by atoms with Crippen molar-refractivity contribution in [2.75, 3.05) is 36.4 Å². The van der Waals surface area contributed by atoms with Crippen molar-refractivity contribution in [1.29, 1.82) is 0 Å². The minimum Gasteiger partial charge on any atom is -0.444 e. The van der Waals surface area contributed by atoms with E-state index in [4.69, 9.17) is 4.74 Å². The lowest BCUT2D eigenvalue weighted by Gasteiger charge is -2.36. The highest BCUT2D eigenvalue weighted by Crippen LogP contribution is 2.42. The number of anilines is 2. The quantitative estimate of drug-likeness (QED) is 0.850. The second-order valence-electron chi connectivity index (χ2n) is 8.31. The maximum Gasteiger partial charge on any atom is 0.410 e. The number of ether oxygens (including phenoxy) is 1. The van der Waals surface area contributed by atoms with E-state index in [2.05, 4.69) is 15.2 Å². The Hall–Kier alpha value is -2.45. The number of carbonyl (C=O) groups excluding carboxylic acids is 2. The SMILES string of the molecule is CC(C)(C)OC(=O)N1CCN(c2ccc(NC(=O)C3CC(F)(F)C3)nc2)CC1. The number of piperazine rings is 1. The molecular formula is C19H26F2N4O3. The van der Waals surface area contributed by atoms with Crippen molar-refractivity contribution >= 4 is 23.5 Å². The maximum absolute atomic E-state index is 12.9. The minimum atomic E-state index is -2.72. The van der Waals surface area contributed by atoms with Gasteiger partial charge in [0.25, 0.3) is 0 Å². The zero-order valence-electron chi connectivity index (χ0n) is 16.4. The molecule has 2 amide bonds. The Morgan fingerprint density at radius 3 is 2.32 bits per heavy atom. The van der Waals surface area contributed by atoms with Gasteiger partial charge in [-0.3, -0.25) is 4.79 Å². The van der Waals surface area contributed by atoms with Crippen LogP contribution in [0.2, 0.25) is 0 Å². The summed E-state index contributed by atoms with van der Waals surface area (Å²) in [5.74, 6) is -3.45. The molecule has 0 aromatic carbocycles. The van der Waals surface area contributed by atoms with Gasteiger partial charge in [0.15, 0.2) is 0 Å². The van der Waals surface area contributed by atoms with Gasteiger partial charge in [0.05, 0.1) is 11.9 Å². The number of hydrogen-bond acceptors (Lipinski definition) is 5. The average molecular weight is 396 g/mol. The molecule has 2 heterocycles. The molecule has 1 N–H and O–H groups in total. The Bertz CT molecular complexity index is 718. The van der Waals surface area contributed by atoms with E-state index in [0.29, 0.717) is 32.0 Å². The molecule has 2 fully saturated rings. The molecule has 0 unspecified atom stereocenters. The van der Waals surface area contributed by atoms with Gasteiger partial charge in [-0.1, -0.05) is 0 Å². The number of nitrogens with one attached hydrogen (secondary N) is 1. The lowest BCUT2D eigenvalue weighted by molar-refractivity contribution is -0.145. The predicted octanol–water partition coefficient (Wildman–Crippen LogP) is 3.12. The van der Waals surface area contributed by atoms with Gasteiger partial charge in [0.2, 0.25) is 11.8 Å². The molecule has 0 bridgehead atoms. The summed E-state index contributed by atoms with van der Waals surface area (Å²) >= 11 is 0. The molecule has 9 heteroatoms. The number of pyridine rings is 1. The van der Waals surface area contributed by atoms with Crippen LogP contribution in [-0.4, -0.2) is 59.6 Å². The largest absolute Gasteiger partial charge is 0.444 e. The van der Waals surface area contributed by atoms with Gasteiger partial charge in [-0.15, -0.1) is 0 Å². The Labute approximate surface area is 163 Å². The molecule has 1 aromatic rings. The van der Waals surface area contributed by atoms with E-state index in [0.717, 1.165) is 5.69 Å². The van der Waals surface area contributed by atoms with Gasteiger partial charge in [-0.05, 0) is 32.9 Å². The van der Waals surface area contributed by atoms with Crippen molar-refractivity contribution in [1.82, 2.24) is 9.88 Å². The lowest BCUT2D eigenvalue weighted by atomic mass is 9.81. The highest BCUT2D eigenvalue weighted by Gasteiger charge is 2.48. The first-order valence-electron chi connectivity index (χ1n) is 9.40. The molecule has 7 nitrogen and oxygen atoms in total. The first kappa shape index (κ1) is 20.3. The first-order chi connectivity index (χ1) is 13.0. The van der Waals surface area contributed by atoms with Crippen molar-refractivity contribution in [2.24, 2.45) is 5.92 Å². The molecule has 1 aromatic heterocycles. The Morgan fingerprint density at radius 2 is 1.82 bits per heavy atom. The highest BCUT2D eigenvalue weighted by molar-refractivity contribution is 5.92. The zero-order chi connectivity index (χ0) is 20.5. The Morgan fingerprint density at radius 1 is 1.18 bits per heavy atom. The molecule has 0 spiro atoms. The smallest absolute Gasteiger partial charge is 0.410 e. The van der Waals surface area contributed by atoms with Crippen molar-refractivity contribution in [2.45, 2.75) is 45.1 Å². The predicted molar refractivity (Wildman–Crippen MR) is 101 cm³/mol. The molecule has 1 aliphatic heterocycles. The molecule has 3 rings (SSSR count). The number of carbonyl (C=O) groups is 2. The van der Waals surface area contributed by atoms with E-state index in [1.165, 1.54) is 0 Å². The summed E-state index contributed by atoms with van der Waals surface area (Å²) in [5, 5.41) is 2.58. The van der Waals surface area contributed by atoms with Crippen LogP contribution in [0.4, 0.5) is 25.1 Å². The van der Waals surface area contributed by atoms with Crippen molar-refractivity contribution < 1.29 is 23.1 Å². The second kappa shape index (κ2) is 7.52. The fourth-order valence-electron chi connectivity index (χ4n) is 3.20. The third-order valence-corrected chi connectivity index (χ3v) is 4.76. The summed E-state index contributed by atoms with van der Waals surface area (Å²) in [7, 11) is 0. The monoisotopic (exact) mass is 396 g/mol. The summed E-state index contributed by atoms with van der Waals surface area (Å²) in [6.07, 6.45) is 0.510.